The zero-order chi connectivity index (χ0) is 14.9. The normalized spacial score (nSPS) is 15.5. The number of fused-ring (bicyclic) bond motifs is 1. The smallest absolute Gasteiger partial charge is 0.160 e. The molecular formula is C18H19N3OZn. The molecule has 1 aromatic carbocycles. The SMILES string of the molecule is Oc1ccccc1-c1nc2cccnc2n1C1CCCCC1.[Zn]. The van der Waals surface area contributed by atoms with Gasteiger partial charge < -0.3 is 9.67 Å². The molecule has 23 heavy (non-hydrogen) atoms. The summed E-state index contributed by atoms with van der Waals surface area (Å²) in [5, 5.41) is 10.2. The summed E-state index contributed by atoms with van der Waals surface area (Å²) in [5.41, 5.74) is 2.60. The molecule has 4 rings (SSSR count). The van der Waals surface area contributed by atoms with Crippen LogP contribution in [0.4, 0.5) is 0 Å². The number of phenolic OH excluding ortho intramolecular Hbond substituents is 1. The van der Waals surface area contributed by atoms with Crippen LogP contribution in [0.5, 0.6) is 5.75 Å². The minimum Gasteiger partial charge on any atom is -0.507 e. The van der Waals surface area contributed by atoms with Gasteiger partial charge in [0.05, 0.1) is 5.56 Å². The fourth-order valence-corrected chi connectivity index (χ4v) is 3.47. The van der Waals surface area contributed by atoms with Gasteiger partial charge in [-0.1, -0.05) is 31.4 Å². The predicted octanol–water partition coefficient (Wildman–Crippen LogP) is 4.31. The summed E-state index contributed by atoms with van der Waals surface area (Å²) < 4.78 is 2.24. The molecule has 0 radical (unpaired) electrons. The number of phenols is 1. The Morgan fingerprint density at radius 1 is 1.00 bits per heavy atom. The molecule has 0 atom stereocenters. The van der Waals surface area contributed by atoms with Gasteiger partial charge in [-0.05, 0) is 37.1 Å². The van der Waals surface area contributed by atoms with E-state index in [0.717, 1.165) is 35.4 Å². The van der Waals surface area contributed by atoms with Crippen LogP contribution in [0.1, 0.15) is 38.1 Å². The molecule has 4 nitrogen and oxygen atoms in total. The number of pyridine rings is 1. The van der Waals surface area contributed by atoms with E-state index in [1.807, 2.05) is 36.5 Å². The molecular weight excluding hydrogens is 340 g/mol. The first kappa shape index (κ1) is 16.1. The summed E-state index contributed by atoms with van der Waals surface area (Å²) in [6.07, 6.45) is 7.93. The number of hydrogen-bond donors (Lipinski definition) is 1. The second kappa shape index (κ2) is 6.80. The number of aromatic nitrogens is 3. The van der Waals surface area contributed by atoms with Crippen LogP contribution in [0.2, 0.25) is 0 Å². The van der Waals surface area contributed by atoms with Gasteiger partial charge >= 0.3 is 0 Å². The summed E-state index contributed by atoms with van der Waals surface area (Å²) >= 11 is 0. The Morgan fingerprint density at radius 3 is 2.57 bits per heavy atom. The molecule has 1 aliphatic rings. The molecule has 0 aliphatic heterocycles. The molecule has 2 aromatic heterocycles. The molecule has 1 saturated carbocycles. The van der Waals surface area contributed by atoms with Crippen LogP contribution in [0.3, 0.4) is 0 Å². The van der Waals surface area contributed by atoms with Crippen molar-refractivity contribution >= 4 is 11.2 Å². The average Bonchev–Trinajstić information content (AvgIpc) is 2.95. The number of imidazole rings is 1. The maximum absolute atomic E-state index is 10.2. The van der Waals surface area contributed by atoms with Gasteiger partial charge in [0.2, 0.25) is 0 Å². The van der Waals surface area contributed by atoms with Crippen LogP contribution in [0, 0.1) is 0 Å². The summed E-state index contributed by atoms with van der Waals surface area (Å²) in [5.74, 6) is 1.11. The molecule has 114 valence electrons. The van der Waals surface area contributed by atoms with Gasteiger partial charge in [-0.15, -0.1) is 0 Å². The van der Waals surface area contributed by atoms with Crippen molar-refractivity contribution in [2.75, 3.05) is 0 Å². The number of benzene rings is 1. The Bertz CT molecular complexity index is 809. The molecule has 1 N–H and O–H groups in total. The van der Waals surface area contributed by atoms with Crippen molar-refractivity contribution in [1.82, 2.24) is 14.5 Å². The van der Waals surface area contributed by atoms with Crippen molar-refractivity contribution in [3.05, 3.63) is 42.6 Å². The van der Waals surface area contributed by atoms with Crippen LogP contribution in [0.15, 0.2) is 42.6 Å². The molecule has 3 aromatic rings. The number of para-hydroxylation sites is 1. The number of aromatic hydroxyl groups is 1. The van der Waals surface area contributed by atoms with Gasteiger partial charge in [-0.3, -0.25) is 0 Å². The van der Waals surface area contributed by atoms with Crippen LogP contribution in [-0.2, 0) is 19.5 Å². The maximum Gasteiger partial charge on any atom is 0.160 e. The quantitative estimate of drug-likeness (QED) is 0.695. The van der Waals surface area contributed by atoms with Crippen molar-refractivity contribution in [3.63, 3.8) is 0 Å². The third-order valence-electron chi connectivity index (χ3n) is 4.53. The first-order valence-electron chi connectivity index (χ1n) is 7.96. The Balaban J connectivity index is 0.00000156. The Labute approximate surface area is 148 Å². The molecule has 0 spiro atoms. The van der Waals surface area contributed by atoms with Crippen molar-refractivity contribution < 1.29 is 24.6 Å². The summed E-state index contributed by atoms with van der Waals surface area (Å²) in [6.45, 7) is 0. The summed E-state index contributed by atoms with van der Waals surface area (Å²) in [4.78, 5) is 9.31. The van der Waals surface area contributed by atoms with Gasteiger partial charge in [0.25, 0.3) is 0 Å². The van der Waals surface area contributed by atoms with Crippen molar-refractivity contribution in [2.45, 2.75) is 38.1 Å². The topological polar surface area (TPSA) is 50.9 Å². The van der Waals surface area contributed by atoms with Crippen LogP contribution >= 0.6 is 0 Å². The van der Waals surface area contributed by atoms with E-state index >= 15 is 0 Å². The zero-order valence-corrected chi connectivity index (χ0v) is 16.1. The minimum absolute atomic E-state index is 0. The largest absolute Gasteiger partial charge is 0.507 e. The average molecular weight is 359 g/mol. The van der Waals surface area contributed by atoms with E-state index < -0.39 is 0 Å². The van der Waals surface area contributed by atoms with Gasteiger partial charge in [-0.25, -0.2) is 9.97 Å². The first-order chi connectivity index (χ1) is 10.8. The molecule has 0 amide bonds. The van der Waals surface area contributed by atoms with Crippen LogP contribution in [0.25, 0.3) is 22.6 Å². The molecule has 0 saturated heterocycles. The van der Waals surface area contributed by atoms with Crippen molar-refractivity contribution in [2.24, 2.45) is 0 Å². The predicted molar refractivity (Wildman–Crippen MR) is 86.8 cm³/mol. The molecule has 1 fully saturated rings. The van der Waals surface area contributed by atoms with E-state index in [4.69, 9.17) is 4.98 Å². The van der Waals surface area contributed by atoms with Crippen molar-refractivity contribution in [3.8, 4) is 17.1 Å². The van der Waals surface area contributed by atoms with E-state index in [2.05, 4.69) is 9.55 Å². The van der Waals surface area contributed by atoms with E-state index in [9.17, 15) is 5.11 Å². The second-order valence-corrected chi connectivity index (χ2v) is 5.96. The third-order valence-corrected chi connectivity index (χ3v) is 4.53. The van der Waals surface area contributed by atoms with Gasteiger partial charge in [0.1, 0.15) is 17.1 Å². The van der Waals surface area contributed by atoms with E-state index in [-0.39, 0.29) is 25.2 Å². The second-order valence-electron chi connectivity index (χ2n) is 5.96. The molecule has 0 bridgehead atoms. The number of rotatable bonds is 2. The van der Waals surface area contributed by atoms with Crippen molar-refractivity contribution in [1.29, 1.82) is 0 Å². The van der Waals surface area contributed by atoms with Crippen LogP contribution in [-0.4, -0.2) is 19.6 Å². The summed E-state index contributed by atoms with van der Waals surface area (Å²) in [7, 11) is 0. The molecule has 1 aliphatic carbocycles. The fraction of sp³-hybridized carbons (Fsp3) is 0.333. The standard InChI is InChI=1S/C18H19N3O.Zn/c22-16-11-5-4-9-14(16)17-20-15-10-6-12-19-18(15)21(17)13-7-2-1-3-8-13;/h4-6,9-13,22H,1-3,7-8H2;. The van der Waals surface area contributed by atoms with Gasteiger partial charge in [-0.2, -0.15) is 0 Å². The van der Waals surface area contributed by atoms with E-state index in [1.165, 1.54) is 19.3 Å². The Kier molecular flexibility index (Phi) is 4.77. The Hall–Kier alpha value is -1.74. The van der Waals surface area contributed by atoms with Gasteiger partial charge in [0.15, 0.2) is 5.65 Å². The minimum atomic E-state index is 0. The number of nitrogens with zero attached hydrogens (tertiary/aromatic N) is 3. The summed E-state index contributed by atoms with van der Waals surface area (Å²) in [6, 6.07) is 11.7. The fourth-order valence-electron chi connectivity index (χ4n) is 3.47. The molecule has 5 heteroatoms. The van der Waals surface area contributed by atoms with Crippen LogP contribution < -0.4 is 0 Å². The maximum atomic E-state index is 10.2. The monoisotopic (exact) mass is 357 g/mol. The van der Waals surface area contributed by atoms with E-state index in [0.29, 0.717) is 6.04 Å². The molecule has 0 unspecified atom stereocenters. The zero-order valence-electron chi connectivity index (χ0n) is 13.2. The Morgan fingerprint density at radius 2 is 1.78 bits per heavy atom. The number of hydrogen-bond acceptors (Lipinski definition) is 3. The van der Waals surface area contributed by atoms with Gasteiger partial charge in [0, 0.05) is 31.7 Å². The van der Waals surface area contributed by atoms with E-state index in [1.54, 1.807) is 6.07 Å². The molecule has 2 heterocycles. The first-order valence-corrected chi connectivity index (χ1v) is 7.96. The third kappa shape index (κ3) is 2.90.